The number of amides is 7. The fourth-order valence-electron chi connectivity index (χ4n) is 10.3. The molecule has 9 rings (SSSR count). The van der Waals surface area contributed by atoms with Crippen molar-refractivity contribution in [1.82, 2.24) is 65.2 Å². The number of nitrogen functional groups attached to an aromatic ring is 2. The normalized spacial score (nSPS) is 26.5. The lowest BCUT2D eigenvalue weighted by molar-refractivity contribution is -0.165. The monoisotopic (exact) mass is 1360 g/mol. The van der Waals surface area contributed by atoms with E-state index in [0.29, 0.717) is 17.6 Å². The highest BCUT2D eigenvalue weighted by Crippen LogP contribution is 2.61. The molecule has 92 heavy (non-hydrogen) atoms. The predicted octanol–water partition coefficient (Wildman–Crippen LogP) is 2.71. The number of alkyl carbamates (subject to hydrolysis) is 1. The van der Waals surface area contributed by atoms with Crippen molar-refractivity contribution in [1.29, 1.82) is 0 Å². The van der Waals surface area contributed by atoms with Crippen LogP contribution in [0.4, 0.5) is 31.3 Å². The first kappa shape index (κ1) is 68.1. The van der Waals surface area contributed by atoms with Gasteiger partial charge in [0.1, 0.15) is 85.4 Å². The zero-order valence-electron chi connectivity index (χ0n) is 48.9. The molecule has 7 amide bonds. The summed E-state index contributed by atoms with van der Waals surface area (Å²) < 4.78 is 94.7. The van der Waals surface area contributed by atoms with E-state index in [1.54, 1.807) is 13.8 Å². The van der Waals surface area contributed by atoms with Crippen LogP contribution in [-0.2, 0) is 76.8 Å². The molecular weight excluding hydrogens is 1300 g/mol. The average molecular weight is 1360 g/mol. The zero-order valence-corrected chi connectivity index (χ0v) is 52.5. The van der Waals surface area contributed by atoms with E-state index in [-0.39, 0.29) is 78.6 Å². The molecule has 37 nitrogen and oxygen atoms in total. The Bertz CT molecular complexity index is 3790. The summed E-state index contributed by atoms with van der Waals surface area (Å²) in [4.78, 5) is 121. The number of ether oxygens (including phenoxy) is 4. The molecule has 0 radical (unpaired) electrons. The van der Waals surface area contributed by atoms with E-state index in [4.69, 9.17) is 59.8 Å². The van der Waals surface area contributed by atoms with Gasteiger partial charge in [-0.2, -0.15) is 0 Å². The lowest BCUT2D eigenvalue weighted by Crippen LogP contribution is -2.52. The van der Waals surface area contributed by atoms with Crippen LogP contribution in [0.25, 0.3) is 32.8 Å². The minimum Gasteiger partial charge on any atom is -0.453 e. The number of fused-ring (bicyclic) bond motifs is 4. The largest absolute Gasteiger partial charge is 0.453 e. The number of nitrogens with zero attached hydrogens (tertiary/aromatic N) is 12. The van der Waals surface area contributed by atoms with Crippen LogP contribution in [0.5, 0.6) is 0 Å². The fourth-order valence-corrected chi connectivity index (χ4v) is 13.2. The second-order valence-corrected chi connectivity index (χ2v) is 27.1. The minimum atomic E-state index is -4.69. The van der Waals surface area contributed by atoms with Gasteiger partial charge in [0.25, 0.3) is 0 Å². The molecule has 42 heteroatoms. The van der Waals surface area contributed by atoms with Crippen LogP contribution >= 0.6 is 38.1 Å². The summed E-state index contributed by atoms with van der Waals surface area (Å²) in [6.07, 6.45) is -7.64. The van der Waals surface area contributed by atoms with Crippen molar-refractivity contribution in [3.8, 4) is 0 Å². The Kier molecular flexibility index (Phi) is 21.9. The number of thiol groups is 2. The summed E-state index contributed by atoms with van der Waals surface area (Å²) in [5.41, 5.74) is 27.6. The Morgan fingerprint density at radius 3 is 2.09 bits per heavy atom. The van der Waals surface area contributed by atoms with Crippen LogP contribution < -0.4 is 43.8 Å². The number of likely N-dealkylation sites (tertiary alicyclic amines) is 1. The molecule has 5 aromatic rings. The first-order chi connectivity index (χ1) is 43.8. The van der Waals surface area contributed by atoms with Crippen molar-refractivity contribution in [2.45, 2.75) is 126 Å². The van der Waals surface area contributed by atoms with Gasteiger partial charge in [-0.25, -0.2) is 57.8 Å². The van der Waals surface area contributed by atoms with Crippen molar-refractivity contribution >= 4 is 119 Å². The first-order valence-corrected chi connectivity index (χ1v) is 33.4. The van der Waals surface area contributed by atoms with Gasteiger partial charge in [-0.3, -0.25) is 46.4 Å². The van der Waals surface area contributed by atoms with E-state index in [1.165, 1.54) is 64.0 Å². The third-order valence-corrected chi connectivity index (χ3v) is 17.8. The van der Waals surface area contributed by atoms with E-state index in [9.17, 15) is 42.7 Å². The smallest absolute Gasteiger partial charge is 0.408 e. The summed E-state index contributed by atoms with van der Waals surface area (Å²) in [6.45, 7) is -6.95. The second kappa shape index (κ2) is 29.5. The van der Waals surface area contributed by atoms with E-state index < -0.39 is 148 Å². The van der Waals surface area contributed by atoms with E-state index in [2.05, 4.69) is 91.0 Å². The van der Waals surface area contributed by atoms with Crippen molar-refractivity contribution in [3.05, 3.63) is 77.2 Å². The number of urea groups is 1. The topological polar surface area (TPSA) is 505 Å². The second-order valence-electron chi connectivity index (χ2n) is 21.3. The highest BCUT2D eigenvalue weighted by Gasteiger charge is 2.56. The number of imidazole rings is 2. The van der Waals surface area contributed by atoms with Crippen molar-refractivity contribution in [2.24, 2.45) is 10.8 Å². The zero-order chi connectivity index (χ0) is 66.2. The molecule has 494 valence electrons. The summed E-state index contributed by atoms with van der Waals surface area (Å²) in [6, 6.07) is 0.214. The van der Waals surface area contributed by atoms with E-state index in [0.717, 1.165) is 12.7 Å². The van der Waals surface area contributed by atoms with E-state index in [1.807, 2.05) is 0 Å². The molecule has 0 saturated carbocycles. The summed E-state index contributed by atoms with van der Waals surface area (Å²) in [5.74, 6) is -3.96. The molecule has 0 aliphatic carbocycles. The van der Waals surface area contributed by atoms with Gasteiger partial charge in [0.05, 0.1) is 25.9 Å². The Morgan fingerprint density at radius 2 is 1.47 bits per heavy atom. The molecule has 1 aromatic carbocycles. The molecule has 4 aliphatic rings. The fraction of sp³-hybridized carbons (Fsp3) is 0.500. The third-order valence-electron chi connectivity index (χ3n) is 14.5. The van der Waals surface area contributed by atoms with Crippen LogP contribution in [0.3, 0.4) is 0 Å². The maximum absolute atomic E-state index is 16.6. The minimum absolute atomic E-state index is 0.00750. The lowest BCUT2D eigenvalue weighted by atomic mass is 10.1. The van der Waals surface area contributed by atoms with Crippen LogP contribution in [0.15, 0.2) is 66.3 Å². The number of esters is 1. The molecule has 4 aliphatic heterocycles. The number of alkyl halides is 1. The van der Waals surface area contributed by atoms with Gasteiger partial charge in [0.2, 0.25) is 23.6 Å². The van der Waals surface area contributed by atoms with Gasteiger partial charge < -0.3 is 67.6 Å². The number of nitrogens with two attached hydrogens (primary N) is 3. The van der Waals surface area contributed by atoms with Crippen molar-refractivity contribution in [2.75, 3.05) is 49.6 Å². The number of allylic oxidation sites excluding steroid dienone is 1. The summed E-state index contributed by atoms with van der Waals surface area (Å²) in [7, 11) is 0. The number of carbonyl (C=O) groups excluding carboxylic acids is 7. The number of rotatable bonds is 20. The Balaban J connectivity index is 0.844. The number of halogens is 1. The van der Waals surface area contributed by atoms with Gasteiger partial charge in [0.15, 0.2) is 47.7 Å². The number of carbonyl (C=O) groups is 7. The molecular formula is C50H63FN20O17P2S2. The molecule has 0 bridgehead atoms. The number of hydrogen-bond donors (Lipinski definition) is 10. The Labute approximate surface area is 530 Å². The number of aromatic nitrogens is 8. The standard InChI is InChI=1S/C50H63FN20O17P2S2/c1-23(2)14-28(66-32(72)15-63-68-55)44(74)67-27(6-4-12-56-49(54)77)43(73)65-26-10-8-25(9-11-26)16-81-50(78)64-24(3)45(75)69-13-5-7-29(69)48(76)86-38-37-31(85-47(38)71-22-62-35-40(53)58-20-60-42(35)71)18-83-89(79,91)87-36-30(17-82-90(80,92)88-37)84-46(33(36)51)70-21-61-34-39(52)57-19-59-41(34)70/h8-11,14,19-22,24,27-31,33,36-38,46-47H,4-7,12-13,15-18H2,1-3H3,(H,64,78)(H,65,73)(H,66,72)(H,67,74)(H,79,91)(H,80,92)(H2,52,57,59)(H2,53,58,60)(H3,54,56,77)/t24-,27-,28-,29-,30?,31?,33+,36+,37+,38+,46+,47+,89+,90+/m0/s1. The molecule has 14 atom stereocenters. The number of primary amides is 1. The molecule has 4 fully saturated rings. The van der Waals surface area contributed by atoms with Crippen LogP contribution in [0, 0.1) is 0 Å². The maximum Gasteiger partial charge on any atom is 0.408 e. The highest BCUT2D eigenvalue weighted by molar-refractivity contribution is 8.44. The maximum atomic E-state index is 16.6. The quantitative estimate of drug-likeness (QED) is 0.00782. The van der Waals surface area contributed by atoms with E-state index >= 15 is 4.39 Å². The van der Waals surface area contributed by atoms with Gasteiger partial charge in [-0.15, -0.1) is 0 Å². The summed E-state index contributed by atoms with van der Waals surface area (Å²) >= 11 is 8.39. The van der Waals surface area contributed by atoms with Gasteiger partial charge >= 0.3 is 31.7 Å². The number of azide groups is 1. The Hall–Kier alpha value is -8.29. The van der Waals surface area contributed by atoms with Gasteiger partial charge in [-0.05, 0) is 69.7 Å². The van der Waals surface area contributed by atoms with Crippen LogP contribution in [-0.4, -0.2) is 179 Å². The molecule has 8 heterocycles. The SMILES string of the molecule is CC(C)=C[C@H](NC(=O)CN=[N+]=[N-])C(=O)N[C@@H](CCCNC(N)=O)C(=O)Nc1ccc(COC(=O)N[C@@H](C)C(=O)N2CCC[C@H]2C(=O)O[C@@H]2[C@@H]3O[P@](=O)(S)OCC4O[C@@H](n5cnc6c(N)ncnc65)[C@H](F)[C@@H]4O[P@](=O)(S)OCC3O[C@H]2n2cnc3c(N)ncnc32)cc1. The first-order valence-electron chi connectivity index (χ1n) is 28.1. The number of hydrogen-bond acceptors (Lipinski definition) is 26. The Morgan fingerprint density at radius 1 is 0.859 bits per heavy atom. The van der Waals surface area contributed by atoms with Crippen molar-refractivity contribution < 1.29 is 84.1 Å². The van der Waals surface area contributed by atoms with Gasteiger partial charge in [-0.1, -0.05) is 53.4 Å². The third kappa shape index (κ3) is 16.5. The average Bonchev–Trinajstić information content (AvgIpc) is 1.61. The van der Waals surface area contributed by atoms with Crippen LogP contribution in [0.2, 0.25) is 0 Å². The highest BCUT2D eigenvalue weighted by atomic mass is 32.7. The van der Waals surface area contributed by atoms with Gasteiger partial charge in [0, 0.05) is 23.7 Å². The molecule has 4 aromatic heterocycles. The molecule has 11 N–H and O–H groups in total. The number of nitrogens with one attached hydrogen (secondary N) is 5. The van der Waals surface area contributed by atoms with Crippen LogP contribution in [0.1, 0.15) is 64.5 Å². The number of anilines is 3. The lowest BCUT2D eigenvalue weighted by Gasteiger charge is -2.31. The number of benzene rings is 1. The molecule has 2 unspecified atom stereocenters. The predicted molar refractivity (Wildman–Crippen MR) is 324 cm³/mol. The molecule has 0 spiro atoms. The summed E-state index contributed by atoms with van der Waals surface area (Å²) in [5, 5.41) is 15.8. The molecule has 4 saturated heterocycles. The van der Waals surface area contributed by atoms with Crippen molar-refractivity contribution in [3.63, 3.8) is 0 Å².